The molecule has 0 N–H and O–H groups in total. The maximum absolute atomic E-state index is 12.4. The van der Waals surface area contributed by atoms with Crippen LogP contribution < -0.4 is 4.90 Å². The molecule has 0 aromatic carbocycles. The SMILES string of the molecule is O=S(=O)(C1CC1)N1CCC2(CCN(c3ncccn3)CC2)C1. The van der Waals surface area contributed by atoms with Crippen LogP contribution in [0.4, 0.5) is 5.95 Å². The average molecular weight is 322 g/mol. The fraction of sp³-hybridized carbons (Fsp3) is 0.733. The van der Waals surface area contributed by atoms with Crippen molar-refractivity contribution in [3.05, 3.63) is 18.5 Å². The number of rotatable bonds is 3. The van der Waals surface area contributed by atoms with Crippen molar-refractivity contribution >= 4 is 16.0 Å². The van der Waals surface area contributed by atoms with Gasteiger partial charge in [-0.15, -0.1) is 0 Å². The molecule has 0 atom stereocenters. The number of sulfonamides is 1. The number of nitrogens with zero attached hydrogens (tertiary/aromatic N) is 4. The zero-order chi connectivity index (χ0) is 15.2. The molecular formula is C15H22N4O2S. The Bertz CT molecular complexity index is 637. The smallest absolute Gasteiger partial charge is 0.225 e. The van der Waals surface area contributed by atoms with Crippen molar-refractivity contribution in [2.45, 2.75) is 37.4 Å². The molecule has 6 nitrogen and oxygen atoms in total. The topological polar surface area (TPSA) is 66.4 Å². The first-order valence-electron chi connectivity index (χ1n) is 8.10. The van der Waals surface area contributed by atoms with Gasteiger partial charge in [-0.3, -0.25) is 0 Å². The molecule has 1 aliphatic carbocycles. The fourth-order valence-corrected chi connectivity index (χ4v) is 5.68. The van der Waals surface area contributed by atoms with E-state index in [0.29, 0.717) is 6.54 Å². The van der Waals surface area contributed by atoms with E-state index >= 15 is 0 Å². The van der Waals surface area contributed by atoms with Gasteiger partial charge in [0.25, 0.3) is 0 Å². The minimum absolute atomic E-state index is 0.0829. The Morgan fingerprint density at radius 1 is 1.05 bits per heavy atom. The standard InChI is InChI=1S/C15H22N4O2S/c20-22(21,13-2-3-13)19-11-6-15(12-19)4-9-18(10-5-15)14-16-7-1-8-17-14/h1,7-8,13H,2-6,9-12H2. The number of anilines is 1. The van der Waals surface area contributed by atoms with Gasteiger partial charge < -0.3 is 4.90 Å². The molecule has 1 spiro atoms. The number of aromatic nitrogens is 2. The van der Waals surface area contributed by atoms with Crippen LogP contribution in [-0.2, 0) is 10.0 Å². The Labute approximate surface area is 131 Å². The van der Waals surface area contributed by atoms with E-state index in [9.17, 15) is 8.42 Å². The highest BCUT2D eigenvalue weighted by Gasteiger charge is 2.48. The molecule has 1 aromatic heterocycles. The van der Waals surface area contributed by atoms with Crippen molar-refractivity contribution in [2.75, 3.05) is 31.1 Å². The fourth-order valence-electron chi connectivity index (χ4n) is 3.73. The Balaban J connectivity index is 1.41. The molecular weight excluding hydrogens is 300 g/mol. The van der Waals surface area contributed by atoms with Crippen LogP contribution in [0.1, 0.15) is 32.1 Å². The van der Waals surface area contributed by atoms with Crippen molar-refractivity contribution in [3.63, 3.8) is 0 Å². The van der Waals surface area contributed by atoms with Gasteiger partial charge in [0.1, 0.15) is 0 Å². The minimum Gasteiger partial charge on any atom is -0.341 e. The number of hydrogen-bond donors (Lipinski definition) is 0. The van der Waals surface area contributed by atoms with E-state index < -0.39 is 10.0 Å². The molecule has 2 saturated heterocycles. The van der Waals surface area contributed by atoms with Crippen LogP contribution in [0.2, 0.25) is 0 Å². The van der Waals surface area contributed by atoms with Gasteiger partial charge in [0.15, 0.2) is 0 Å². The first kappa shape index (κ1) is 14.4. The van der Waals surface area contributed by atoms with E-state index in [4.69, 9.17) is 0 Å². The van der Waals surface area contributed by atoms with Gasteiger partial charge in [0.05, 0.1) is 5.25 Å². The summed E-state index contributed by atoms with van der Waals surface area (Å²) in [6.07, 6.45) is 8.31. The van der Waals surface area contributed by atoms with Crippen LogP contribution in [0, 0.1) is 5.41 Å². The summed E-state index contributed by atoms with van der Waals surface area (Å²) in [5.74, 6) is 0.790. The van der Waals surface area contributed by atoms with Gasteiger partial charge in [-0.25, -0.2) is 22.7 Å². The first-order chi connectivity index (χ1) is 10.6. The summed E-state index contributed by atoms with van der Waals surface area (Å²) in [7, 11) is -3.01. The molecule has 7 heteroatoms. The molecule has 3 heterocycles. The molecule has 0 amide bonds. The molecule has 0 radical (unpaired) electrons. The van der Waals surface area contributed by atoms with Crippen molar-refractivity contribution in [1.82, 2.24) is 14.3 Å². The summed E-state index contributed by atoms with van der Waals surface area (Å²) < 4.78 is 26.6. The Morgan fingerprint density at radius 2 is 1.68 bits per heavy atom. The lowest BCUT2D eigenvalue weighted by Crippen LogP contribution is -2.43. The van der Waals surface area contributed by atoms with E-state index in [-0.39, 0.29) is 10.7 Å². The summed E-state index contributed by atoms with van der Waals surface area (Å²) in [6, 6.07) is 1.83. The number of piperidine rings is 1. The summed E-state index contributed by atoms with van der Waals surface area (Å²) in [5.41, 5.74) is 0.174. The van der Waals surface area contributed by atoms with E-state index in [2.05, 4.69) is 14.9 Å². The van der Waals surface area contributed by atoms with Gasteiger partial charge in [0.2, 0.25) is 16.0 Å². The van der Waals surface area contributed by atoms with Crippen LogP contribution in [-0.4, -0.2) is 54.1 Å². The van der Waals surface area contributed by atoms with Gasteiger partial charge in [0, 0.05) is 38.6 Å². The van der Waals surface area contributed by atoms with Crippen LogP contribution >= 0.6 is 0 Å². The van der Waals surface area contributed by atoms with Gasteiger partial charge in [-0.2, -0.15) is 0 Å². The largest absolute Gasteiger partial charge is 0.341 e. The lowest BCUT2D eigenvalue weighted by Gasteiger charge is -2.39. The molecule has 0 bridgehead atoms. The highest BCUT2D eigenvalue weighted by Crippen LogP contribution is 2.44. The van der Waals surface area contributed by atoms with Crippen LogP contribution in [0.5, 0.6) is 0 Å². The second-order valence-corrected chi connectivity index (χ2v) is 9.08. The third-order valence-electron chi connectivity index (χ3n) is 5.37. The molecule has 3 fully saturated rings. The predicted octanol–water partition coefficient (Wildman–Crippen LogP) is 1.26. The monoisotopic (exact) mass is 322 g/mol. The van der Waals surface area contributed by atoms with E-state index in [1.165, 1.54) is 0 Å². The van der Waals surface area contributed by atoms with Crippen LogP contribution in [0.25, 0.3) is 0 Å². The molecule has 3 aliphatic rings. The maximum Gasteiger partial charge on any atom is 0.225 e. The lowest BCUT2D eigenvalue weighted by molar-refractivity contribution is 0.233. The quantitative estimate of drug-likeness (QED) is 0.838. The van der Waals surface area contributed by atoms with Crippen molar-refractivity contribution < 1.29 is 8.42 Å². The molecule has 4 rings (SSSR count). The van der Waals surface area contributed by atoms with Crippen molar-refractivity contribution in [2.24, 2.45) is 5.41 Å². The van der Waals surface area contributed by atoms with E-state index in [1.54, 1.807) is 16.7 Å². The summed E-state index contributed by atoms with van der Waals surface area (Å²) >= 11 is 0. The van der Waals surface area contributed by atoms with Gasteiger partial charge in [-0.1, -0.05) is 0 Å². The van der Waals surface area contributed by atoms with Crippen molar-refractivity contribution in [3.8, 4) is 0 Å². The maximum atomic E-state index is 12.4. The highest BCUT2D eigenvalue weighted by atomic mass is 32.2. The van der Waals surface area contributed by atoms with E-state index in [1.807, 2.05) is 6.07 Å². The second-order valence-electron chi connectivity index (χ2n) is 6.86. The summed E-state index contributed by atoms with van der Waals surface area (Å²) in [6.45, 7) is 3.26. The van der Waals surface area contributed by atoms with E-state index in [0.717, 1.165) is 57.7 Å². The Kier molecular flexibility index (Phi) is 3.38. The number of hydrogen-bond acceptors (Lipinski definition) is 5. The molecule has 2 aliphatic heterocycles. The molecule has 120 valence electrons. The van der Waals surface area contributed by atoms with Gasteiger partial charge in [-0.05, 0) is 43.6 Å². The van der Waals surface area contributed by atoms with Crippen molar-refractivity contribution in [1.29, 1.82) is 0 Å². The molecule has 1 saturated carbocycles. The Hall–Kier alpha value is -1.21. The lowest BCUT2D eigenvalue weighted by atomic mass is 9.78. The summed E-state index contributed by atoms with van der Waals surface area (Å²) in [4.78, 5) is 10.8. The summed E-state index contributed by atoms with van der Waals surface area (Å²) in [5, 5.41) is -0.0829. The predicted molar refractivity (Wildman–Crippen MR) is 84.0 cm³/mol. The zero-order valence-corrected chi connectivity index (χ0v) is 13.5. The average Bonchev–Trinajstić information content (AvgIpc) is 3.33. The van der Waals surface area contributed by atoms with Crippen LogP contribution in [0.15, 0.2) is 18.5 Å². The minimum atomic E-state index is -3.01. The third-order valence-corrected chi connectivity index (χ3v) is 7.71. The first-order valence-corrected chi connectivity index (χ1v) is 9.60. The zero-order valence-electron chi connectivity index (χ0n) is 12.7. The normalized spacial score (nSPS) is 25.7. The molecule has 0 unspecified atom stereocenters. The molecule has 22 heavy (non-hydrogen) atoms. The second kappa shape index (κ2) is 5.16. The Morgan fingerprint density at radius 3 is 2.32 bits per heavy atom. The van der Waals surface area contributed by atoms with Crippen LogP contribution in [0.3, 0.4) is 0 Å². The highest BCUT2D eigenvalue weighted by molar-refractivity contribution is 7.90. The third kappa shape index (κ3) is 2.50. The molecule has 1 aromatic rings. The van der Waals surface area contributed by atoms with Gasteiger partial charge >= 0.3 is 0 Å².